The summed E-state index contributed by atoms with van der Waals surface area (Å²) in [6, 6.07) is 10.8. The molecule has 1 aromatic carbocycles. The molecule has 0 amide bonds. The Labute approximate surface area is 159 Å². The minimum absolute atomic E-state index is 0.130. The van der Waals surface area contributed by atoms with E-state index in [0.717, 1.165) is 11.1 Å². The van der Waals surface area contributed by atoms with Gasteiger partial charge in [0.25, 0.3) is 5.56 Å². The average Bonchev–Trinajstić information content (AvgIpc) is 2.75. The van der Waals surface area contributed by atoms with Crippen molar-refractivity contribution in [1.82, 2.24) is 24.1 Å². The molecule has 0 aliphatic rings. The highest BCUT2D eigenvalue weighted by Crippen LogP contribution is 2.16. The van der Waals surface area contributed by atoms with Crippen molar-refractivity contribution in [3.8, 4) is 17.1 Å². The van der Waals surface area contributed by atoms with Crippen molar-refractivity contribution in [3.05, 3.63) is 81.4 Å². The minimum atomic E-state index is -0.445. The molecule has 0 atom stereocenters. The fraction of sp³-hybridized carbons (Fsp3) is 0.150. The molecule has 4 rings (SSSR count). The number of nitrogens with zero attached hydrogens (tertiary/aromatic N) is 5. The number of hydrogen-bond acceptors (Lipinski definition) is 6. The number of rotatable bonds is 4. The van der Waals surface area contributed by atoms with Gasteiger partial charge in [-0.05, 0) is 29.8 Å². The maximum Gasteiger partial charge on any atom is 0.332 e. The van der Waals surface area contributed by atoms with Crippen LogP contribution in [0, 0.1) is 0 Å². The third kappa shape index (κ3) is 3.05. The maximum atomic E-state index is 12.9. The van der Waals surface area contributed by atoms with E-state index in [1.165, 1.54) is 15.3 Å². The number of fused-ring (bicyclic) bond motifs is 1. The third-order valence-electron chi connectivity index (χ3n) is 4.49. The van der Waals surface area contributed by atoms with Gasteiger partial charge in [0, 0.05) is 31.2 Å². The van der Waals surface area contributed by atoms with Gasteiger partial charge in [0.2, 0.25) is 0 Å². The molecule has 140 valence electrons. The molecular weight excluding hydrogens is 358 g/mol. The lowest BCUT2D eigenvalue weighted by molar-refractivity contribution is 0.414. The summed E-state index contributed by atoms with van der Waals surface area (Å²) in [6.07, 6.45) is 4.73. The quantitative estimate of drug-likeness (QED) is 0.538. The van der Waals surface area contributed by atoms with Crippen molar-refractivity contribution >= 4 is 11.0 Å². The van der Waals surface area contributed by atoms with E-state index in [0.29, 0.717) is 17.2 Å². The first-order valence-corrected chi connectivity index (χ1v) is 8.58. The number of aryl methyl sites for hydroxylation is 1. The molecule has 0 spiro atoms. The molecule has 0 saturated heterocycles. The third-order valence-corrected chi connectivity index (χ3v) is 4.49. The van der Waals surface area contributed by atoms with Gasteiger partial charge in [-0.3, -0.25) is 18.9 Å². The van der Waals surface area contributed by atoms with Gasteiger partial charge in [-0.15, -0.1) is 0 Å². The standard InChI is InChI=1S/C20H17N5O3/c1-24-18-16(11-22-17(23-18)14-6-8-21-9-7-14)19(26)25(20(24)27)12-13-4-3-5-15(10-13)28-2/h3-11H,12H2,1-2H3. The van der Waals surface area contributed by atoms with Crippen molar-refractivity contribution in [3.63, 3.8) is 0 Å². The van der Waals surface area contributed by atoms with Gasteiger partial charge in [0.1, 0.15) is 11.1 Å². The summed E-state index contributed by atoms with van der Waals surface area (Å²) in [5, 5.41) is 0.280. The van der Waals surface area contributed by atoms with Crippen LogP contribution in [0.3, 0.4) is 0 Å². The number of pyridine rings is 1. The van der Waals surface area contributed by atoms with Gasteiger partial charge in [-0.2, -0.15) is 0 Å². The number of ether oxygens (including phenoxy) is 1. The highest BCUT2D eigenvalue weighted by atomic mass is 16.5. The summed E-state index contributed by atoms with van der Waals surface area (Å²) in [7, 11) is 3.16. The molecule has 0 fully saturated rings. The molecule has 0 saturated carbocycles. The Morgan fingerprint density at radius 1 is 1.11 bits per heavy atom. The SMILES string of the molecule is COc1cccc(Cn2c(=O)c3cnc(-c4ccncc4)nc3n(C)c2=O)c1. The Hall–Kier alpha value is -3.81. The Morgan fingerprint density at radius 3 is 2.64 bits per heavy atom. The zero-order valence-corrected chi connectivity index (χ0v) is 15.4. The number of hydrogen-bond donors (Lipinski definition) is 0. The molecule has 0 bridgehead atoms. The number of methoxy groups -OCH3 is 1. The summed E-state index contributed by atoms with van der Waals surface area (Å²) < 4.78 is 7.74. The Morgan fingerprint density at radius 2 is 1.89 bits per heavy atom. The zero-order valence-electron chi connectivity index (χ0n) is 15.4. The van der Waals surface area contributed by atoms with Crippen LogP contribution in [0.15, 0.2) is 64.6 Å². The number of aromatic nitrogens is 5. The van der Waals surface area contributed by atoms with E-state index in [9.17, 15) is 9.59 Å². The van der Waals surface area contributed by atoms with Crippen LogP contribution in [0.4, 0.5) is 0 Å². The van der Waals surface area contributed by atoms with E-state index in [1.807, 2.05) is 12.1 Å². The molecule has 0 aliphatic heterocycles. The molecule has 8 nitrogen and oxygen atoms in total. The van der Waals surface area contributed by atoms with E-state index in [4.69, 9.17) is 4.74 Å². The molecule has 0 N–H and O–H groups in total. The Balaban J connectivity index is 1.86. The second kappa shape index (κ2) is 7.07. The highest BCUT2D eigenvalue weighted by molar-refractivity contribution is 5.75. The van der Waals surface area contributed by atoms with Crippen LogP contribution in [0.1, 0.15) is 5.56 Å². The van der Waals surface area contributed by atoms with Crippen molar-refractivity contribution in [2.75, 3.05) is 7.11 Å². The van der Waals surface area contributed by atoms with E-state index in [2.05, 4.69) is 15.0 Å². The summed E-state index contributed by atoms with van der Waals surface area (Å²) in [5.41, 5.74) is 0.956. The predicted molar refractivity (Wildman–Crippen MR) is 104 cm³/mol. The van der Waals surface area contributed by atoms with E-state index in [-0.39, 0.29) is 11.9 Å². The van der Waals surface area contributed by atoms with Crippen molar-refractivity contribution in [1.29, 1.82) is 0 Å². The monoisotopic (exact) mass is 375 g/mol. The lowest BCUT2D eigenvalue weighted by Gasteiger charge is -2.11. The van der Waals surface area contributed by atoms with Crippen molar-refractivity contribution in [2.45, 2.75) is 6.54 Å². The summed E-state index contributed by atoms with van der Waals surface area (Å²) >= 11 is 0. The van der Waals surface area contributed by atoms with E-state index < -0.39 is 11.2 Å². The topological polar surface area (TPSA) is 91.9 Å². The van der Waals surface area contributed by atoms with Gasteiger partial charge in [0.15, 0.2) is 11.5 Å². The maximum absolute atomic E-state index is 12.9. The number of benzene rings is 1. The average molecular weight is 375 g/mol. The van der Waals surface area contributed by atoms with Gasteiger partial charge >= 0.3 is 5.69 Å². The minimum Gasteiger partial charge on any atom is -0.497 e. The Kier molecular flexibility index (Phi) is 4.44. The van der Waals surface area contributed by atoms with Crippen LogP contribution in [0.5, 0.6) is 5.75 Å². The van der Waals surface area contributed by atoms with Crippen LogP contribution < -0.4 is 16.0 Å². The van der Waals surface area contributed by atoms with Crippen LogP contribution in [0.25, 0.3) is 22.4 Å². The second-order valence-electron chi connectivity index (χ2n) is 6.25. The molecule has 3 heterocycles. The lowest BCUT2D eigenvalue weighted by Crippen LogP contribution is -2.39. The van der Waals surface area contributed by atoms with Gasteiger partial charge in [-0.1, -0.05) is 12.1 Å². The molecular formula is C20H17N5O3. The van der Waals surface area contributed by atoms with E-state index in [1.54, 1.807) is 50.8 Å². The molecule has 0 radical (unpaired) electrons. The first kappa shape index (κ1) is 17.6. The van der Waals surface area contributed by atoms with Gasteiger partial charge in [-0.25, -0.2) is 14.8 Å². The fourth-order valence-electron chi connectivity index (χ4n) is 3.02. The van der Waals surface area contributed by atoms with Crippen LogP contribution in [-0.4, -0.2) is 31.2 Å². The van der Waals surface area contributed by atoms with E-state index >= 15 is 0 Å². The van der Waals surface area contributed by atoms with Gasteiger partial charge < -0.3 is 4.74 Å². The zero-order chi connectivity index (χ0) is 19.7. The first-order valence-electron chi connectivity index (χ1n) is 8.58. The van der Waals surface area contributed by atoms with Crippen molar-refractivity contribution < 1.29 is 4.74 Å². The molecule has 3 aromatic heterocycles. The molecule has 28 heavy (non-hydrogen) atoms. The summed E-state index contributed by atoms with van der Waals surface area (Å²) in [6.45, 7) is 0.130. The fourth-order valence-corrected chi connectivity index (χ4v) is 3.02. The van der Waals surface area contributed by atoms with Gasteiger partial charge in [0.05, 0.1) is 13.7 Å². The normalized spacial score (nSPS) is 10.9. The molecule has 4 aromatic rings. The second-order valence-corrected chi connectivity index (χ2v) is 6.25. The largest absolute Gasteiger partial charge is 0.497 e. The summed E-state index contributed by atoms with van der Waals surface area (Å²) in [4.78, 5) is 38.5. The first-order chi connectivity index (χ1) is 13.6. The molecule has 0 unspecified atom stereocenters. The molecule has 0 aliphatic carbocycles. The lowest BCUT2D eigenvalue weighted by atomic mass is 10.2. The highest BCUT2D eigenvalue weighted by Gasteiger charge is 2.14. The molecule has 8 heteroatoms. The smallest absolute Gasteiger partial charge is 0.332 e. The van der Waals surface area contributed by atoms with Crippen molar-refractivity contribution in [2.24, 2.45) is 7.05 Å². The van der Waals surface area contributed by atoms with Crippen LogP contribution in [0.2, 0.25) is 0 Å². The summed E-state index contributed by atoms with van der Waals surface area (Å²) in [5.74, 6) is 1.09. The predicted octanol–water partition coefficient (Wildman–Crippen LogP) is 1.61. The van der Waals surface area contributed by atoms with Crippen LogP contribution >= 0.6 is 0 Å². The Bertz CT molecular complexity index is 1280. The van der Waals surface area contributed by atoms with Crippen LogP contribution in [-0.2, 0) is 13.6 Å².